The predicted octanol–water partition coefficient (Wildman–Crippen LogP) is 4.84. The quantitative estimate of drug-likeness (QED) is 0.410. The number of amides is 1. The first kappa shape index (κ1) is 22.5. The number of hydrogen-bond acceptors (Lipinski definition) is 5. The maximum Gasteiger partial charge on any atom is 0.246 e. The molecule has 6 heteroatoms. The summed E-state index contributed by atoms with van der Waals surface area (Å²) in [6.07, 6.45) is 3.19. The van der Waals surface area contributed by atoms with Crippen molar-refractivity contribution in [2.75, 3.05) is 0 Å². The first-order chi connectivity index (χ1) is 16.3. The number of benzene rings is 2. The summed E-state index contributed by atoms with van der Waals surface area (Å²) in [5, 5.41) is 15.8. The molecule has 5 rings (SSSR count). The zero-order valence-corrected chi connectivity index (χ0v) is 19.9. The van der Waals surface area contributed by atoms with Gasteiger partial charge in [-0.15, -0.1) is 0 Å². The number of aromatic nitrogens is 1. The van der Waals surface area contributed by atoms with Gasteiger partial charge in [0.05, 0.1) is 23.4 Å². The lowest BCUT2D eigenvalue weighted by Gasteiger charge is -2.39. The van der Waals surface area contributed by atoms with E-state index in [0.29, 0.717) is 24.5 Å². The van der Waals surface area contributed by atoms with Gasteiger partial charge >= 0.3 is 0 Å². The van der Waals surface area contributed by atoms with Crippen LogP contribution in [0.4, 0.5) is 0 Å². The Morgan fingerprint density at radius 2 is 1.91 bits per heavy atom. The van der Waals surface area contributed by atoms with E-state index >= 15 is 0 Å². The fraction of sp³-hybridized carbons (Fsp3) is 0.393. The molecule has 2 aromatic carbocycles. The maximum absolute atomic E-state index is 13.2. The number of fused-ring (bicyclic) bond motifs is 3. The number of ether oxygens (including phenoxy) is 1. The number of aliphatic hydroxyl groups excluding tert-OH is 1. The topological polar surface area (TPSA) is 83.8 Å². The number of aliphatic hydroxyl groups is 1. The summed E-state index contributed by atoms with van der Waals surface area (Å²) in [5.41, 5.74) is 4.05. The second-order valence-electron chi connectivity index (χ2n) is 10.4. The Labute approximate surface area is 200 Å². The highest BCUT2D eigenvalue weighted by Crippen LogP contribution is 2.72. The molecular weight excluding hydrogens is 426 g/mol. The van der Waals surface area contributed by atoms with Crippen molar-refractivity contribution in [3.05, 3.63) is 71.9 Å². The van der Waals surface area contributed by atoms with E-state index in [1.807, 2.05) is 60.7 Å². The molecule has 1 amide bonds. The number of para-hydroxylation sites is 1. The van der Waals surface area contributed by atoms with Crippen LogP contribution in [0.1, 0.15) is 51.3 Å². The van der Waals surface area contributed by atoms with Crippen LogP contribution in [-0.2, 0) is 11.4 Å². The lowest BCUT2D eigenvalue weighted by atomic mass is 9.64. The third kappa shape index (κ3) is 3.40. The van der Waals surface area contributed by atoms with Gasteiger partial charge in [0.25, 0.3) is 0 Å². The van der Waals surface area contributed by atoms with Crippen molar-refractivity contribution in [2.45, 2.75) is 52.7 Å². The molecule has 34 heavy (non-hydrogen) atoms. The van der Waals surface area contributed by atoms with Gasteiger partial charge in [-0.3, -0.25) is 4.79 Å². The fourth-order valence-corrected chi connectivity index (χ4v) is 5.95. The minimum atomic E-state index is -0.603. The van der Waals surface area contributed by atoms with Crippen LogP contribution in [0.5, 0.6) is 5.75 Å². The standard InChI is InChI=1S/C28H31N3O3/c1-26(2)27(3)14-15-28(26,16-23(27)32)25(33)31-29-17-21-13-12-20-10-7-11-22(24(20)30-21)34-18-19-8-5-4-6-9-19/h4-13,17,23,32H,14-16,18H2,1-3H3,(H,31,33). The van der Waals surface area contributed by atoms with E-state index in [1.165, 1.54) is 0 Å². The highest BCUT2D eigenvalue weighted by molar-refractivity contribution is 5.90. The van der Waals surface area contributed by atoms with Crippen LogP contribution >= 0.6 is 0 Å². The van der Waals surface area contributed by atoms with Crippen LogP contribution in [-0.4, -0.2) is 28.3 Å². The van der Waals surface area contributed by atoms with Crippen LogP contribution in [0, 0.1) is 16.2 Å². The summed E-state index contributed by atoms with van der Waals surface area (Å²) >= 11 is 0. The Balaban J connectivity index is 1.32. The molecule has 3 atom stereocenters. The number of hydrazone groups is 1. The van der Waals surface area contributed by atoms with E-state index in [1.54, 1.807) is 6.21 Å². The van der Waals surface area contributed by atoms with Crippen molar-refractivity contribution in [3.63, 3.8) is 0 Å². The van der Waals surface area contributed by atoms with E-state index in [4.69, 9.17) is 9.72 Å². The van der Waals surface area contributed by atoms with Gasteiger partial charge in [-0.2, -0.15) is 5.10 Å². The molecule has 2 aliphatic carbocycles. The highest BCUT2D eigenvalue weighted by Gasteiger charge is 2.72. The lowest BCUT2D eigenvalue weighted by Crippen LogP contribution is -2.45. The van der Waals surface area contributed by atoms with Crippen LogP contribution < -0.4 is 10.2 Å². The van der Waals surface area contributed by atoms with Gasteiger partial charge in [-0.05, 0) is 47.8 Å². The average molecular weight is 458 g/mol. The van der Waals surface area contributed by atoms with Gasteiger partial charge in [0, 0.05) is 5.39 Å². The molecule has 0 aliphatic heterocycles. The molecule has 3 aromatic rings. The summed E-state index contributed by atoms with van der Waals surface area (Å²) in [6.45, 7) is 6.75. The Morgan fingerprint density at radius 1 is 1.12 bits per heavy atom. The highest BCUT2D eigenvalue weighted by atomic mass is 16.5. The zero-order valence-electron chi connectivity index (χ0n) is 19.9. The molecule has 2 N–H and O–H groups in total. The van der Waals surface area contributed by atoms with E-state index in [2.05, 4.69) is 31.3 Å². The number of rotatable bonds is 6. The SMILES string of the molecule is CC12CCC(C(=O)NN=Cc3ccc4cccc(OCc5ccccc5)c4n3)(CC1O)C2(C)C. The molecule has 1 aromatic heterocycles. The van der Waals surface area contributed by atoms with Crippen LogP contribution in [0.25, 0.3) is 10.9 Å². The van der Waals surface area contributed by atoms with Crippen LogP contribution in [0.3, 0.4) is 0 Å². The van der Waals surface area contributed by atoms with E-state index in [0.717, 1.165) is 29.3 Å². The van der Waals surface area contributed by atoms with Gasteiger partial charge in [0.1, 0.15) is 17.9 Å². The maximum atomic E-state index is 13.2. The summed E-state index contributed by atoms with van der Waals surface area (Å²) in [7, 11) is 0. The van der Waals surface area contributed by atoms with E-state index in [9.17, 15) is 9.90 Å². The normalized spacial score (nSPS) is 27.4. The van der Waals surface area contributed by atoms with Gasteiger partial charge < -0.3 is 9.84 Å². The Morgan fingerprint density at radius 3 is 2.62 bits per heavy atom. The van der Waals surface area contributed by atoms with Crippen molar-refractivity contribution in [3.8, 4) is 5.75 Å². The molecule has 3 unspecified atom stereocenters. The largest absolute Gasteiger partial charge is 0.487 e. The second-order valence-corrected chi connectivity index (χ2v) is 10.4. The number of hydrogen-bond donors (Lipinski definition) is 2. The molecule has 0 radical (unpaired) electrons. The zero-order chi connectivity index (χ0) is 24.0. The molecule has 1 heterocycles. The first-order valence-corrected chi connectivity index (χ1v) is 11.8. The number of carbonyl (C=O) groups is 1. The number of carbonyl (C=O) groups excluding carboxylic acids is 1. The van der Waals surface area contributed by atoms with Crippen molar-refractivity contribution >= 4 is 23.0 Å². The third-order valence-electron chi connectivity index (χ3n) is 8.71. The monoisotopic (exact) mass is 457 g/mol. The molecule has 0 spiro atoms. The minimum absolute atomic E-state index is 0.123. The Hall–Kier alpha value is -3.25. The molecule has 6 nitrogen and oxygen atoms in total. The Bertz CT molecular complexity index is 1260. The number of nitrogens with zero attached hydrogens (tertiary/aromatic N) is 2. The Kier molecular flexibility index (Phi) is 5.44. The lowest BCUT2D eigenvalue weighted by molar-refractivity contribution is -0.136. The molecule has 176 valence electrons. The van der Waals surface area contributed by atoms with Gasteiger partial charge in [0.2, 0.25) is 5.91 Å². The van der Waals surface area contributed by atoms with Crippen molar-refractivity contribution in [2.24, 2.45) is 21.3 Å². The molecular formula is C28H31N3O3. The predicted molar refractivity (Wildman–Crippen MR) is 132 cm³/mol. The summed E-state index contributed by atoms with van der Waals surface area (Å²) in [5.74, 6) is 0.577. The summed E-state index contributed by atoms with van der Waals surface area (Å²) in [4.78, 5) is 17.9. The van der Waals surface area contributed by atoms with Crippen LogP contribution in [0.15, 0.2) is 65.8 Å². The van der Waals surface area contributed by atoms with Gasteiger partial charge in [-0.1, -0.05) is 69.3 Å². The molecule has 0 saturated heterocycles. The van der Waals surface area contributed by atoms with E-state index in [-0.39, 0.29) is 16.7 Å². The molecule has 2 fully saturated rings. The minimum Gasteiger partial charge on any atom is -0.487 e. The van der Waals surface area contributed by atoms with Crippen molar-refractivity contribution < 1.29 is 14.6 Å². The van der Waals surface area contributed by atoms with Crippen molar-refractivity contribution in [1.29, 1.82) is 0 Å². The summed E-state index contributed by atoms with van der Waals surface area (Å²) in [6, 6.07) is 19.7. The van der Waals surface area contributed by atoms with E-state index < -0.39 is 11.5 Å². The molecule has 2 aliphatic rings. The van der Waals surface area contributed by atoms with Crippen LogP contribution in [0.2, 0.25) is 0 Å². The third-order valence-corrected chi connectivity index (χ3v) is 8.71. The average Bonchev–Trinajstić information content (AvgIpc) is 3.13. The first-order valence-electron chi connectivity index (χ1n) is 11.8. The molecule has 2 saturated carbocycles. The van der Waals surface area contributed by atoms with Gasteiger partial charge in [-0.25, -0.2) is 10.4 Å². The van der Waals surface area contributed by atoms with Gasteiger partial charge in [0.15, 0.2) is 0 Å². The smallest absolute Gasteiger partial charge is 0.246 e. The number of nitrogens with one attached hydrogen (secondary N) is 1. The number of pyridine rings is 1. The molecule has 2 bridgehead atoms. The fourth-order valence-electron chi connectivity index (χ4n) is 5.95. The summed E-state index contributed by atoms with van der Waals surface area (Å²) < 4.78 is 6.04. The second kappa shape index (κ2) is 8.20. The van der Waals surface area contributed by atoms with Crippen molar-refractivity contribution in [1.82, 2.24) is 10.4 Å².